The second kappa shape index (κ2) is 3.97. The molecule has 2 aliphatic rings. The van der Waals surface area contributed by atoms with E-state index in [-0.39, 0.29) is 0 Å². The molecule has 13 heavy (non-hydrogen) atoms. The summed E-state index contributed by atoms with van der Waals surface area (Å²) in [7, 11) is 0. The van der Waals surface area contributed by atoms with Gasteiger partial charge in [0.25, 0.3) is 0 Å². The van der Waals surface area contributed by atoms with Gasteiger partial charge in [0.15, 0.2) is 0 Å². The number of hydrogen-bond donors (Lipinski definition) is 2. The van der Waals surface area contributed by atoms with Gasteiger partial charge in [-0.25, -0.2) is 0 Å². The molecule has 0 aromatic heterocycles. The van der Waals surface area contributed by atoms with Crippen molar-refractivity contribution >= 4 is 0 Å². The van der Waals surface area contributed by atoms with Crippen LogP contribution in [0.1, 0.15) is 44.9 Å². The first-order valence-electron chi connectivity index (χ1n) is 5.69. The summed E-state index contributed by atoms with van der Waals surface area (Å²) < 4.78 is 0. The number of aliphatic hydroxyl groups excluding tert-OH is 1. The molecule has 0 bridgehead atoms. The van der Waals surface area contributed by atoms with Crippen molar-refractivity contribution in [2.75, 3.05) is 13.2 Å². The van der Waals surface area contributed by atoms with Crippen LogP contribution in [0.15, 0.2) is 0 Å². The lowest BCUT2D eigenvalue weighted by Gasteiger charge is -2.43. The third-order valence-corrected chi connectivity index (χ3v) is 3.92. The van der Waals surface area contributed by atoms with Crippen molar-refractivity contribution < 1.29 is 5.11 Å². The SMILES string of the molecule is OCC1CCC2(CCCCC2)CN1. The molecule has 1 saturated carbocycles. The molecule has 1 spiro atoms. The van der Waals surface area contributed by atoms with Crippen molar-refractivity contribution in [1.82, 2.24) is 5.32 Å². The Kier molecular flexibility index (Phi) is 2.89. The molecule has 2 heteroatoms. The van der Waals surface area contributed by atoms with Gasteiger partial charge in [-0.05, 0) is 31.1 Å². The van der Waals surface area contributed by atoms with E-state index in [1.54, 1.807) is 0 Å². The van der Waals surface area contributed by atoms with Crippen molar-refractivity contribution in [3.63, 3.8) is 0 Å². The lowest BCUT2D eigenvalue weighted by molar-refractivity contribution is 0.0987. The van der Waals surface area contributed by atoms with Gasteiger partial charge in [0.2, 0.25) is 0 Å². The number of rotatable bonds is 1. The highest BCUT2D eigenvalue weighted by Crippen LogP contribution is 2.41. The van der Waals surface area contributed by atoms with Crippen LogP contribution in [0.4, 0.5) is 0 Å². The third kappa shape index (κ3) is 2.05. The van der Waals surface area contributed by atoms with Crippen molar-refractivity contribution in [3.05, 3.63) is 0 Å². The number of hydrogen-bond acceptors (Lipinski definition) is 2. The van der Waals surface area contributed by atoms with Gasteiger partial charge in [-0.15, -0.1) is 0 Å². The van der Waals surface area contributed by atoms with Crippen LogP contribution < -0.4 is 5.32 Å². The van der Waals surface area contributed by atoms with Crippen LogP contribution in [-0.2, 0) is 0 Å². The highest BCUT2D eigenvalue weighted by molar-refractivity contribution is 4.90. The Morgan fingerprint density at radius 1 is 1.15 bits per heavy atom. The van der Waals surface area contributed by atoms with Crippen molar-refractivity contribution in [1.29, 1.82) is 0 Å². The van der Waals surface area contributed by atoms with E-state index in [9.17, 15) is 0 Å². The van der Waals surface area contributed by atoms with E-state index in [0.717, 1.165) is 6.54 Å². The van der Waals surface area contributed by atoms with Crippen molar-refractivity contribution in [3.8, 4) is 0 Å². The maximum atomic E-state index is 9.02. The van der Waals surface area contributed by atoms with Gasteiger partial charge in [0.1, 0.15) is 0 Å². The van der Waals surface area contributed by atoms with Crippen LogP contribution in [0.3, 0.4) is 0 Å². The average molecular weight is 183 g/mol. The van der Waals surface area contributed by atoms with Crippen LogP contribution in [0, 0.1) is 5.41 Å². The molecule has 76 valence electrons. The lowest BCUT2D eigenvalue weighted by atomic mass is 9.69. The Labute approximate surface area is 80.7 Å². The first kappa shape index (κ1) is 9.47. The first-order chi connectivity index (χ1) is 6.35. The van der Waals surface area contributed by atoms with Crippen molar-refractivity contribution in [2.24, 2.45) is 5.41 Å². The minimum absolute atomic E-state index is 0.316. The Balaban J connectivity index is 1.87. The Morgan fingerprint density at radius 3 is 2.46 bits per heavy atom. The molecule has 0 aromatic rings. The largest absolute Gasteiger partial charge is 0.395 e. The second-order valence-corrected chi connectivity index (χ2v) is 4.86. The van der Waals surface area contributed by atoms with Crippen LogP contribution in [0.5, 0.6) is 0 Å². The molecule has 2 rings (SSSR count). The zero-order valence-electron chi connectivity index (χ0n) is 8.39. The first-order valence-corrected chi connectivity index (χ1v) is 5.69. The maximum Gasteiger partial charge on any atom is 0.0584 e. The third-order valence-electron chi connectivity index (χ3n) is 3.92. The van der Waals surface area contributed by atoms with E-state index >= 15 is 0 Å². The molecule has 0 amide bonds. The van der Waals surface area contributed by atoms with Crippen LogP contribution in [0.25, 0.3) is 0 Å². The fraction of sp³-hybridized carbons (Fsp3) is 1.00. The molecule has 0 aromatic carbocycles. The zero-order chi connectivity index (χ0) is 9.15. The molecule has 1 unspecified atom stereocenters. The fourth-order valence-corrected chi connectivity index (χ4v) is 2.92. The van der Waals surface area contributed by atoms with E-state index in [4.69, 9.17) is 5.11 Å². The molecule has 1 atom stereocenters. The summed E-state index contributed by atoms with van der Waals surface area (Å²) in [6.45, 7) is 1.47. The summed E-state index contributed by atoms with van der Waals surface area (Å²) in [6, 6.07) is 0.382. The van der Waals surface area contributed by atoms with Gasteiger partial charge < -0.3 is 10.4 Å². The summed E-state index contributed by atoms with van der Waals surface area (Å²) in [6.07, 6.45) is 9.63. The maximum absolute atomic E-state index is 9.02. The van der Waals surface area contributed by atoms with Gasteiger partial charge in [-0.2, -0.15) is 0 Å². The minimum atomic E-state index is 0.316. The van der Waals surface area contributed by atoms with E-state index in [0.29, 0.717) is 18.1 Å². The van der Waals surface area contributed by atoms with E-state index in [1.165, 1.54) is 44.9 Å². The molecule has 2 nitrogen and oxygen atoms in total. The average Bonchev–Trinajstić information content (AvgIpc) is 2.20. The second-order valence-electron chi connectivity index (χ2n) is 4.86. The predicted octanol–water partition coefficient (Wildman–Crippen LogP) is 1.68. The van der Waals surface area contributed by atoms with E-state index in [2.05, 4.69) is 5.32 Å². The lowest BCUT2D eigenvalue weighted by Crippen LogP contribution is -2.48. The summed E-state index contributed by atoms with van der Waals surface area (Å²) >= 11 is 0. The topological polar surface area (TPSA) is 32.3 Å². The highest BCUT2D eigenvalue weighted by Gasteiger charge is 2.35. The Bertz CT molecular complexity index is 153. The highest BCUT2D eigenvalue weighted by atomic mass is 16.3. The number of aliphatic hydroxyl groups is 1. The molecular weight excluding hydrogens is 162 g/mol. The number of nitrogens with one attached hydrogen (secondary N) is 1. The molecule has 1 aliphatic heterocycles. The van der Waals surface area contributed by atoms with Crippen LogP contribution in [-0.4, -0.2) is 24.3 Å². The minimum Gasteiger partial charge on any atom is -0.395 e. The fourth-order valence-electron chi connectivity index (χ4n) is 2.92. The molecule has 0 radical (unpaired) electrons. The Morgan fingerprint density at radius 2 is 1.92 bits per heavy atom. The summed E-state index contributed by atoms with van der Waals surface area (Å²) in [5.74, 6) is 0. The van der Waals surface area contributed by atoms with Crippen molar-refractivity contribution in [2.45, 2.75) is 51.0 Å². The summed E-state index contributed by atoms with van der Waals surface area (Å²) in [4.78, 5) is 0. The van der Waals surface area contributed by atoms with Gasteiger partial charge in [-0.3, -0.25) is 0 Å². The summed E-state index contributed by atoms with van der Waals surface area (Å²) in [5, 5.41) is 12.5. The molecule has 1 heterocycles. The number of piperidine rings is 1. The van der Waals surface area contributed by atoms with Gasteiger partial charge >= 0.3 is 0 Å². The molecule has 1 saturated heterocycles. The predicted molar refractivity (Wildman–Crippen MR) is 53.6 cm³/mol. The molecule has 2 fully saturated rings. The zero-order valence-corrected chi connectivity index (χ0v) is 8.39. The summed E-state index contributed by atoms with van der Waals surface area (Å²) in [5.41, 5.74) is 0.615. The van der Waals surface area contributed by atoms with E-state index < -0.39 is 0 Å². The molecule has 1 aliphatic carbocycles. The Hall–Kier alpha value is -0.0800. The van der Waals surface area contributed by atoms with E-state index in [1.807, 2.05) is 0 Å². The van der Waals surface area contributed by atoms with Gasteiger partial charge in [0.05, 0.1) is 6.61 Å². The smallest absolute Gasteiger partial charge is 0.0584 e. The molecular formula is C11H21NO. The monoisotopic (exact) mass is 183 g/mol. The van der Waals surface area contributed by atoms with Crippen LogP contribution in [0.2, 0.25) is 0 Å². The molecule has 2 N–H and O–H groups in total. The van der Waals surface area contributed by atoms with Gasteiger partial charge in [0, 0.05) is 12.6 Å². The van der Waals surface area contributed by atoms with Gasteiger partial charge in [-0.1, -0.05) is 19.3 Å². The standard InChI is InChI=1S/C11H21NO/c13-8-10-4-7-11(9-12-10)5-2-1-3-6-11/h10,12-13H,1-9H2. The normalized spacial score (nSPS) is 33.5. The van der Waals surface area contributed by atoms with Crippen LogP contribution >= 0.6 is 0 Å². The quantitative estimate of drug-likeness (QED) is 0.648.